The molecular formula is C11H11BrO. The van der Waals surface area contributed by atoms with E-state index >= 15 is 0 Å². The molecule has 2 unspecified atom stereocenters. The minimum Gasteiger partial charge on any atom is -0.303 e. The summed E-state index contributed by atoms with van der Waals surface area (Å²) < 4.78 is 1.09. The van der Waals surface area contributed by atoms with Crippen LogP contribution in [-0.4, -0.2) is 6.29 Å². The van der Waals surface area contributed by atoms with E-state index in [1.807, 2.05) is 12.1 Å². The fourth-order valence-electron chi connectivity index (χ4n) is 1.76. The molecule has 1 aliphatic carbocycles. The van der Waals surface area contributed by atoms with Gasteiger partial charge in [-0.15, -0.1) is 0 Å². The molecule has 2 atom stereocenters. The molecule has 0 amide bonds. The molecule has 1 saturated carbocycles. The molecule has 1 aliphatic rings. The number of hydrogen-bond donors (Lipinski definition) is 0. The van der Waals surface area contributed by atoms with Gasteiger partial charge in [-0.3, -0.25) is 0 Å². The quantitative estimate of drug-likeness (QED) is 0.725. The van der Waals surface area contributed by atoms with Crippen LogP contribution >= 0.6 is 15.9 Å². The number of hydrogen-bond acceptors (Lipinski definition) is 1. The van der Waals surface area contributed by atoms with Gasteiger partial charge in [-0.05, 0) is 24.1 Å². The van der Waals surface area contributed by atoms with Crippen molar-refractivity contribution in [3.05, 3.63) is 34.3 Å². The Morgan fingerprint density at radius 3 is 2.54 bits per heavy atom. The van der Waals surface area contributed by atoms with E-state index in [-0.39, 0.29) is 11.3 Å². The van der Waals surface area contributed by atoms with E-state index in [2.05, 4.69) is 35.0 Å². The van der Waals surface area contributed by atoms with Gasteiger partial charge >= 0.3 is 0 Å². The number of carbonyl (C=O) groups excluding carboxylic acids is 1. The molecule has 2 heteroatoms. The number of rotatable bonds is 2. The van der Waals surface area contributed by atoms with Crippen LogP contribution in [0.1, 0.15) is 18.9 Å². The lowest BCUT2D eigenvalue weighted by molar-refractivity contribution is -0.109. The Balaban J connectivity index is 2.27. The summed E-state index contributed by atoms with van der Waals surface area (Å²) in [6.45, 7) is 2.15. The third-order valence-corrected chi connectivity index (χ3v) is 3.50. The van der Waals surface area contributed by atoms with Crippen LogP contribution in [0.4, 0.5) is 0 Å². The Kier molecular flexibility index (Phi) is 2.03. The number of aldehydes is 1. The molecule has 0 spiro atoms. The lowest BCUT2D eigenvalue weighted by Gasteiger charge is -2.09. The zero-order valence-electron chi connectivity index (χ0n) is 7.46. The minimum absolute atomic E-state index is 0.114. The first kappa shape index (κ1) is 8.95. The standard InChI is InChI=1S/C11H11BrO/c1-11(6-9(11)7-13)8-2-4-10(12)5-3-8/h2-5,7,9H,6H2,1H3. The second-order valence-corrected chi connectivity index (χ2v) is 4.79. The zero-order chi connectivity index (χ0) is 9.47. The van der Waals surface area contributed by atoms with Crippen molar-refractivity contribution in [3.63, 3.8) is 0 Å². The lowest BCUT2D eigenvalue weighted by atomic mass is 9.96. The monoisotopic (exact) mass is 238 g/mol. The van der Waals surface area contributed by atoms with Crippen molar-refractivity contribution in [3.8, 4) is 0 Å². The third-order valence-electron chi connectivity index (χ3n) is 2.97. The maximum atomic E-state index is 10.6. The number of halogens is 1. The van der Waals surface area contributed by atoms with Crippen LogP contribution < -0.4 is 0 Å². The summed E-state index contributed by atoms with van der Waals surface area (Å²) in [6.07, 6.45) is 2.07. The van der Waals surface area contributed by atoms with E-state index in [1.165, 1.54) is 5.56 Å². The first-order valence-electron chi connectivity index (χ1n) is 4.38. The Labute approximate surface area is 86.3 Å². The Morgan fingerprint density at radius 1 is 1.46 bits per heavy atom. The van der Waals surface area contributed by atoms with Crippen molar-refractivity contribution < 1.29 is 4.79 Å². The first-order chi connectivity index (χ1) is 6.16. The summed E-state index contributed by atoms with van der Waals surface area (Å²) in [7, 11) is 0. The van der Waals surface area contributed by atoms with Gasteiger partial charge in [0, 0.05) is 15.8 Å². The fourth-order valence-corrected chi connectivity index (χ4v) is 2.02. The molecule has 1 aromatic carbocycles. The van der Waals surface area contributed by atoms with E-state index < -0.39 is 0 Å². The van der Waals surface area contributed by atoms with Crippen LogP contribution in [-0.2, 0) is 10.2 Å². The Morgan fingerprint density at radius 2 is 2.08 bits per heavy atom. The normalized spacial score (nSPS) is 31.4. The summed E-state index contributed by atoms with van der Waals surface area (Å²) >= 11 is 3.40. The van der Waals surface area contributed by atoms with Crippen LogP contribution in [0.3, 0.4) is 0 Å². The maximum absolute atomic E-state index is 10.6. The van der Waals surface area contributed by atoms with Crippen molar-refractivity contribution in [1.82, 2.24) is 0 Å². The summed E-state index contributed by atoms with van der Waals surface area (Å²) in [5.41, 5.74) is 1.38. The second-order valence-electron chi connectivity index (χ2n) is 3.87. The highest BCUT2D eigenvalue weighted by Gasteiger charge is 2.50. The topological polar surface area (TPSA) is 17.1 Å². The Hall–Kier alpha value is -0.630. The highest BCUT2D eigenvalue weighted by molar-refractivity contribution is 9.10. The average molecular weight is 239 g/mol. The van der Waals surface area contributed by atoms with Gasteiger partial charge in [0.05, 0.1) is 0 Å². The average Bonchev–Trinajstić information content (AvgIpc) is 2.80. The van der Waals surface area contributed by atoms with E-state index in [1.54, 1.807) is 0 Å². The molecular weight excluding hydrogens is 228 g/mol. The van der Waals surface area contributed by atoms with Crippen molar-refractivity contribution in [1.29, 1.82) is 0 Å². The van der Waals surface area contributed by atoms with Gasteiger partial charge in [0.1, 0.15) is 6.29 Å². The van der Waals surface area contributed by atoms with Gasteiger partial charge < -0.3 is 4.79 Å². The fraction of sp³-hybridized carbons (Fsp3) is 0.364. The zero-order valence-corrected chi connectivity index (χ0v) is 9.04. The Bertz CT molecular complexity index is 330. The van der Waals surface area contributed by atoms with E-state index in [4.69, 9.17) is 0 Å². The lowest BCUT2D eigenvalue weighted by Crippen LogP contribution is -2.04. The predicted molar refractivity (Wildman–Crippen MR) is 55.7 cm³/mol. The van der Waals surface area contributed by atoms with Gasteiger partial charge in [-0.1, -0.05) is 35.0 Å². The smallest absolute Gasteiger partial charge is 0.123 e. The van der Waals surface area contributed by atoms with E-state index in [0.717, 1.165) is 17.2 Å². The molecule has 1 nitrogen and oxygen atoms in total. The molecule has 0 saturated heterocycles. The maximum Gasteiger partial charge on any atom is 0.123 e. The van der Waals surface area contributed by atoms with Crippen molar-refractivity contribution in [2.75, 3.05) is 0 Å². The molecule has 0 aromatic heterocycles. The molecule has 0 aliphatic heterocycles. The van der Waals surface area contributed by atoms with Crippen molar-refractivity contribution in [2.24, 2.45) is 5.92 Å². The van der Waals surface area contributed by atoms with Gasteiger partial charge in [0.25, 0.3) is 0 Å². The first-order valence-corrected chi connectivity index (χ1v) is 5.17. The van der Waals surface area contributed by atoms with Gasteiger partial charge in [0.15, 0.2) is 0 Å². The molecule has 0 N–H and O–H groups in total. The summed E-state index contributed by atoms with van der Waals surface area (Å²) in [5.74, 6) is 0.230. The minimum atomic E-state index is 0.114. The van der Waals surface area contributed by atoms with Crippen LogP contribution in [0, 0.1) is 5.92 Å². The molecule has 0 heterocycles. The van der Waals surface area contributed by atoms with Gasteiger partial charge in [-0.2, -0.15) is 0 Å². The van der Waals surface area contributed by atoms with Crippen LogP contribution in [0.2, 0.25) is 0 Å². The van der Waals surface area contributed by atoms with Gasteiger partial charge in [-0.25, -0.2) is 0 Å². The second kappa shape index (κ2) is 2.95. The highest BCUT2D eigenvalue weighted by atomic mass is 79.9. The predicted octanol–water partition coefficient (Wildman–Crippen LogP) is 2.93. The summed E-state index contributed by atoms with van der Waals surface area (Å²) in [6, 6.07) is 8.24. The largest absolute Gasteiger partial charge is 0.303 e. The third kappa shape index (κ3) is 1.44. The molecule has 1 fully saturated rings. The van der Waals surface area contributed by atoms with Crippen molar-refractivity contribution >= 4 is 22.2 Å². The van der Waals surface area contributed by atoms with Crippen LogP contribution in [0.15, 0.2) is 28.7 Å². The van der Waals surface area contributed by atoms with Crippen LogP contribution in [0.25, 0.3) is 0 Å². The molecule has 0 radical (unpaired) electrons. The highest BCUT2D eigenvalue weighted by Crippen LogP contribution is 2.52. The van der Waals surface area contributed by atoms with Crippen molar-refractivity contribution in [2.45, 2.75) is 18.8 Å². The molecule has 68 valence electrons. The number of benzene rings is 1. The molecule has 0 bridgehead atoms. The summed E-state index contributed by atoms with van der Waals surface area (Å²) in [5, 5.41) is 0. The van der Waals surface area contributed by atoms with E-state index in [0.29, 0.717) is 0 Å². The van der Waals surface area contributed by atoms with Crippen LogP contribution in [0.5, 0.6) is 0 Å². The SMILES string of the molecule is CC1(c2ccc(Br)cc2)CC1C=O. The molecule has 2 rings (SSSR count). The summed E-state index contributed by atoms with van der Waals surface area (Å²) in [4.78, 5) is 10.6. The number of carbonyl (C=O) groups is 1. The molecule has 13 heavy (non-hydrogen) atoms. The van der Waals surface area contributed by atoms with E-state index in [9.17, 15) is 4.79 Å². The molecule has 1 aromatic rings. The van der Waals surface area contributed by atoms with Gasteiger partial charge in [0.2, 0.25) is 0 Å².